The lowest BCUT2D eigenvalue weighted by Crippen LogP contribution is -2.17. The fourth-order valence-corrected chi connectivity index (χ4v) is 3.09. The molecule has 102 valence electrons. The Morgan fingerprint density at radius 1 is 1.53 bits per heavy atom. The van der Waals surface area contributed by atoms with E-state index in [-0.39, 0.29) is 0 Å². The Kier molecular flexibility index (Phi) is 5.04. The van der Waals surface area contributed by atoms with E-state index < -0.39 is 0 Å². The smallest absolute Gasteiger partial charge is 0.146 e. The highest BCUT2D eigenvalue weighted by atomic mass is 35.5. The van der Waals surface area contributed by atoms with Crippen LogP contribution in [0.1, 0.15) is 44.6 Å². The molecule has 1 fully saturated rings. The fourth-order valence-electron chi connectivity index (χ4n) is 2.87. The average Bonchev–Trinajstić information content (AvgIpc) is 2.41. The molecule has 4 heteroatoms. The quantitative estimate of drug-likeness (QED) is 0.896. The summed E-state index contributed by atoms with van der Waals surface area (Å²) >= 11 is 6.11. The number of anilines is 1. The summed E-state index contributed by atoms with van der Waals surface area (Å²) in [6, 6.07) is 3.70. The molecule has 3 nitrogen and oxygen atoms in total. The Hall–Kier alpha value is -1.27. The molecular formula is C15H20ClN3. The van der Waals surface area contributed by atoms with Crippen molar-refractivity contribution in [3.63, 3.8) is 0 Å². The van der Waals surface area contributed by atoms with Gasteiger partial charge in [-0.05, 0) is 30.7 Å². The number of nitriles is 1. The minimum Gasteiger partial charge on any atom is -0.369 e. The number of rotatable bonds is 4. The number of hydrogen-bond donors (Lipinski definition) is 1. The molecule has 0 bridgehead atoms. The summed E-state index contributed by atoms with van der Waals surface area (Å²) in [5, 5.41) is 12.6. The molecule has 0 saturated heterocycles. The first-order chi connectivity index (χ1) is 9.20. The van der Waals surface area contributed by atoms with Crippen LogP contribution in [0, 0.1) is 23.2 Å². The van der Waals surface area contributed by atoms with Crippen LogP contribution in [0.4, 0.5) is 5.82 Å². The highest BCUT2D eigenvalue weighted by Gasteiger charge is 2.18. The number of nitrogens with zero attached hydrogens (tertiary/aromatic N) is 2. The summed E-state index contributed by atoms with van der Waals surface area (Å²) in [7, 11) is 0. The molecule has 0 radical (unpaired) electrons. The van der Waals surface area contributed by atoms with Crippen LogP contribution in [-0.4, -0.2) is 11.5 Å². The molecule has 1 saturated carbocycles. The molecule has 1 heterocycles. The fraction of sp³-hybridized carbons (Fsp3) is 0.600. The minimum absolute atomic E-state index is 0.432. The van der Waals surface area contributed by atoms with Crippen molar-refractivity contribution in [2.24, 2.45) is 11.8 Å². The van der Waals surface area contributed by atoms with Gasteiger partial charge in [0, 0.05) is 12.7 Å². The lowest BCUT2D eigenvalue weighted by atomic mass is 9.81. The molecule has 1 aromatic rings. The van der Waals surface area contributed by atoms with Gasteiger partial charge in [-0.2, -0.15) is 5.26 Å². The van der Waals surface area contributed by atoms with Crippen LogP contribution in [0.3, 0.4) is 0 Å². The molecule has 1 aromatic heterocycles. The summed E-state index contributed by atoms with van der Waals surface area (Å²) < 4.78 is 0. The molecule has 1 aliphatic carbocycles. The van der Waals surface area contributed by atoms with E-state index in [4.69, 9.17) is 16.9 Å². The van der Waals surface area contributed by atoms with E-state index in [0.29, 0.717) is 16.4 Å². The third-order valence-electron chi connectivity index (χ3n) is 3.90. The Bertz CT molecular complexity index is 467. The number of halogens is 1. The van der Waals surface area contributed by atoms with Gasteiger partial charge in [0.2, 0.25) is 0 Å². The predicted molar refractivity (Wildman–Crippen MR) is 78.2 cm³/mol. The van der Waals surface area contributed by atoms with Gasteiger partial charge in [0.05, 0.1) is 5.56 Å². The monoisotopic (exact) mass is 277 g/mol. The first kappa shape index (κ1) is 14.1. The first-order valence-electron chi connectivity index (χ1n) is 6.99. The van der Waals surface area contributed by atoms with Crippen molar-refractivity contribution in [1.82, 2.24) is 4.98 Å². The highest BCUT2D eigenvalue weighted by Crippen LogP contribution is 2.31. The van der Waals surface area contributed by atoms with Crippen molar-refractivity contribution in [1.29, 1.82) is 5.26 Å². The van der Waals surface area contributed by atoms with Crippen molar-refractivity contribution in [3.8, 4) is 6.07 Å². The van der Waals surface area contributed by atoms with Crippen molar-refractivity contribution in [3.05, 3.63) is 22.8 Å². The molecule has 1 aliphatic rings. The standard InChI is InChI=1S/C15H20ClN3/c1-11-3-2-4-12(9-11)5-7-18-15-14(16)13(10-17)6-8-19-15/h6,8,11-12H,2-5,7,9H2,1H3,(H,18,19). The normalized spacial score (nSPS) is 22.8. The van der Waals surface area contributed by atoms with Crippen molar-refractivity contribution >= 4 is 17.4 Å². The maximum atomic E-state index is 8.91. The molecule has 19 heavy (non-hydrogen) atoms. The van der Waals surface area contributed by atoms with Gasteiger partial charge in [-0.15, -0.1) is 0 Å². The van der Waals surface area contributed by atoms with E-state index in [1.54, 1.807) is 12.3 Å². The van der Waals surface area contributed by atoms with Crippen LogP contribution in [-0.2, 0) is 0 Å². The Morgan fingerprint density at radius 2 is 2.37 bits per heavy atom. The summed E-state index contributed by atoms with van der Waals surface area (Å²) in [4.78, 5) is 4.19. The molecule has 0 aliphatic heterocycles. The van der Waals surface area contributed by atoms with Crippen molar-refractivity contribution in [2.45, 2.75) is 39.0 Å². The van der Waals surface area contributed by atoms with Gasteiger partial charge in [-0.1, -0.05) is 37.8 Å². The van der Waals surface area contributed by atoms with Gasteiger partial charge in [-0.3, -0.25) is 0 Å². The molecule has 0 aromatic carbocycles. The second-order valence-corrected chi connectivity index (χ2v) is 5.86. The molecule has 2 rings (SSSR count). The Balaban J connectivity index is 1.84. The Morgan fingerprint density at radius 3 is 3.11 bits per heavy atom. The van der Waals surface area contributed by atoms with Gasteiger partial charge in [0.1, 0.15) is 16.9 Å². The zero-order valence-corrected chi connectivity index (χ0v) is 12.1. The second-order valence-electron chi connectivity index (χ2n) is 5.49. The van der Waals surface area contributed by atoms with Crippen molar-refractivity contribution in [2.75, 3.05) is 11.9 Å². The third-order valence-corrected chi connectivity index (χ3v) is 4.28. The molecule has 2 atom stereocenters. The van der Waals surface area contributed by atoms with Crippen LogP contribution in [0.25, 0.3) is 0 Å². The molecule has 0 amide bonds. The van der Waals surface area contributed by atoms with Crippen molar-refractivity contribution < 1.29 is 0 Å². The Labute approximate surface area is 120 Å². The highest BCUT2D eigenvalue weighted by molar-refractivity contribution is 6.34. The van der Waals surface area contributed by atoms with E-state index >= 15 is 0 Å². The largest absolute Gasteiger partial charge is 0.369 e. The molecular weight excluding hydrogens is 258 g/mol. The zero-order valence-electron chi connectivity index (χ0n) is 11.3. The second kappa shape index (κ2) is 6.77. The van der Waals surface area contributed by atoms with Gasteiger partial charge >= 0.3 is 0 Å². The van der Waals surface area contributed by atoms with E-state index in [1.165, 1.54) is 25.7 Å². The van der Waals surface area contributed by atoms with Crippen LogP contribution in [0.2, 0.25) is 5.02 Å². The van der Waals surface area contributed by atoms with E-state index in [9.17, 15) is 0 Å². The lowest BCUT2D eigenvalue weighted by Gasteiger charge is -2.26. The van der Waals surface area contributed by atoms with Gasteiger partial charge in [0.15, 0.2) is 0 Å². The summed E-state index contributed by atoms with van der Waals surface area (Å²) in [5.41, 5.74) is 0.477. The number of hydrogen-bond acceptors (Lipinski definition) is 3. The van der Waals surface area contributed by atoms with E-state index in [2.05, 4.69) is 23.3 Å². The van der Waals surface area contributed by atoms with Crippen LogP contribution in [0.15, 0.2) is 12.3 Å². The maximum absolute atomic E-state index is 8.91. The molecule has 0 spiro atoms. The lowest BCUT2D eigenvalue weighted by molar-refractivity contribution is 0.274. The van der Waals surface area contributed by atoms with Crippen LogP contribution < -0.4 is 5.32 Å². The summed E-state index contributed by atoms with van der Waals surface area (Å²) in [6.45, 7) is 3.22. The SMILES string of the molecule is CC1CCCC(CCNc2nccc(C#N)c2Cl)C1. The molecule has 1 N–H and O–H groups in total. The molecule has 2 unspecified atom stereocenters. The topological polar surface area (TPSA) is 48.7 Å². The predicted octanol–water partition coefficient (Wildman–Crippen LogP) is 4.23. The average molecular weight is 278 g/mol. The van der Waals surface area contributed by atoms with E-state index in [1.807, 2.05) is 0 Å². The number of nitrogens with one attached hydrogen (secondary N) is 1. The number of aromatic nitrogens is 1. The number of pyridine rings is 1. The third kappa shape index (κ3) is 3.84. The maximum Gasteiger partial charge on any atom is 0.146 e. The van der Waals surface area contributed by atoms with Gasteiger partial charge in [-0.25, -0.2) is 4.98 Å². The van der Waals surface area contributed by atoms with Gasteiger partial charge < -0.3 is 5.32 Å². The van der Waals surface area contributed by atoms with Crippen LogP contribution >= 0.6 is 11.6 Å². The summed E-state index contributed by atoms with van der Waals surface area (Å²) in [5.74, 6) is 2.31. The first-order valence-corrected chi connectivity index (χ1v) is 7.37. The van der Waals surface area contributed by atoms with Crippen LogP contribution in [0.5, 0.6) is 0 Å². The van der Waals surface area contributed by atoms with E-state index in [0.717, 1.165) is 24.8 Å². The summed E-state index contributed by atoms with van der Waals surface area (Å²) in [6.07, 6.45) is 8.18. The minimum atomic E-state index is 0.432. The van der Waals surface area contributed by atoms with Gasteiger partial charge in [0.25, 0.3) is 0 Å². The zero-order chi connectivity index (χ0) is 13.7.